The van der Waals surface area contributed by atoms with Crippen LogP contribution in [-0.4, -0.2) is 34.9 Å². The quantitative estimate of drug-likeness (QED) is 0.506. The Kier molecular flexibility index (Phi) is 6.54. The van der Waals surface area contributed by atoms with Gasteiger partial charge in [0.25, 0.3) is 5.56 Å². The van der Waals surface area contributed by atoms with Crippen LogP contribution in [0.3, 0.4) is 0 Å². The second-order valence-electron chi connectivity index (χ2n) is 9.55. The van der Waals surface area contributed by atoms with Gasteiger partial charge in [-0.15, -0.1) is 0 Å². The summed E-state index contributed by atoms with van der Waals surface area (Å²) in [6.45, 7) is 3.19. The number of fused-ring (bicyclic) bond motifs is 1. The Morgan fingerprint density at radius 3 is 2.61 bits per heavy atom. The molecule has 2 aromatic carbocycles. The van der Waals surface area contributed by atoms with Gasteiger partial charge in [-0.2, -0.15) is 4.98 Å². The molecule has 0 aliphatic carbocycles. The first-order valence-electron chi connectivity index (χ1n) is 12.2. The Labute approximate surface area is 207 Å². The van der Waals surface area contributed by atoms with Crippen molar-refractivity contribution in [3.63, 3.8) is 0 Å². The first-order valence-corrected chi connectivity index (χ1v) is 12.2. The fourth-order valence-electron chi connectivity index (χ4n) is 4.97. The molecule has 1 saturated heterocycles. The van der Waals surface area contributed by atoms with Crippen molar-refractivity contribution in [2.45, 2.75) is 38.5 Å². The number of nitrogens with zero attached hydrogens (tertiary/aromatic N) is 2. The number of rotatable bonds is 5. The highest BCUT2D eigenvalue weighted by Gasteiger charge is 2.35. The lowest BCUT2D eigenvalue weighted by atomic mass is 9.90. The number of H-pyrrole nitrogens is 1. The lowest BCUT2D eigenvalue weighted by molar-refractivity contribution is -0.123. The van der Waals surface area contributed by atoms with E-state index in [4.69, 9.17) is 0 Å². The fourth-order valence-corrected chi connectivity index (χ4v) is 4.97. The third-order valence-electron chi connectivity index (χ3n) is 6.92. The van der Waals surface area contributed by atoms with Crippen molar-refractivity contribution in [3.8, 4) is 0 Å². The molecule has 1 fully saturated rings. The van der Waals surface area contributed by atoms with Gasteiger partial charge in [0.15, 0.2) is 0 Å². The van der Waals surface area contributed by atoms with Crippen LogP contribution < -0.4 is 21.1 Å². The molecule has 8 nitrogen and oxygen atoms in total. The van der Waals surface area contributed by atoms with Crippen LogP contribution in [0.4, 0.5) is 21.8 Å². The van der Waals surface area contributed by atoms with E-state index in [2.05, 4.69) is 32.7 Å². The zero-order valence-corrected chi connectivity index (χ0v) is 20.0. The Bertz CT molecular complexity index is 1350. The van der Waals surface area contributed by atoms with Crippen molar-refractivity contribution in [1.82, 2.24) is 9.97 Å². The van der Waals surface area contributed by atoms with E-state index in [0.29, 0.717) is 17.4 Å². The Hall–Kier alpha value is -4.01. The summed E-state index contributed by atoms with van der Waals surface area (Å²) >= 11 is 0. The molecule has 1 aromatic heterocycles. The molecule has 3 aromatic rings. The first-order chi connectivity index (χ1) is 17.4. The number of nitrogens with one attached hydrogen (secondary N) is 3. The van der Waals surface area contributed by atoms with Crippen LogP contribution in [0.15, 0.2) is 53.3 Å². The monoisotopic (exact) mass is 489 g/mol. The van der Waals surface area contributed by atoms with E-state index in [0.717, 1.165) is 32.4 Å². The lowest BCUT2D eigenvalue weighted by Crippen LogP contribution is -2.40. The molecule has 9 heteroatoms. The number of amides is 2. The molecule has 0 spiro atoms. The number of halogens is 1. The van der Waals surface area contributed by atoms with E-state index < -0.39 is 29.1 Å². The molecule has 36 heavy (non-hydrogen) atoms. The number of hydrogen-bond acceptors (Lipinski definition) is 5. The molecule has 0 bridgehead atoms. The van der Waals surface area contributed by atoms with Crippen LogP contribution in [0.5, 0.6) is 0 Å². The molecule has 5 rings (SSSR count). The summed E-state index contributed by atoms with van der Waals surface area (Å²) in [5.74, 6) is -1.70. The van der Waals surface area contributed by atoms with Gasteiger partial charge in [-0.05, 0) is 55.4 Å². The summed E-state index contributed by atoms with van der Waals surface area (Å²) in [5.41, 5.74) is 1.63. The summed E-state index contributed by atoms with van der Waals surface area (Å²) < 4.78 is 14.3. The van der Waals surface area contributed by atoms with Crippen molar-refractivity contribution in [1.29, 1.82) is 0 Å². The third kappa shape index (κ3) is 5.00. The van der Waals surface area contributed by atoms with Crippen LogP contribution in [0.1, 0.15) is 41.9 Å². The highest BCUT2D eigenvalue weighted by molar-refractivity contribution is 6.04. The summed E-state index contributed by atoms with van der Waals surface area (Å²) in [6.07, 6.45) is 2.70. The lowest BCUT2D eigenvalue weighted by Gasteiger charge is -2.33. The van der Waals surface area contributed by atoms with E-state index in [-0.39, 0.29) is 23.5 Å². The van der Waals surface area contributed by atoms with E-state index >= 15 is 0 Å². The Morgan fingerprint density at radius 1 is 1.14 bits per heavy atom. The standard InChI is InChI=1S/C27H28FN5O3/c1-16-7-8-21(20(28)13-16)29-25(35)19-15-22(34)30-24-23(19)26(36)32-27(31-24)33-11-9-18(10-12-33)14-17-5-3-2-4-6-17/h2-8,13,18-19H,9-12,14-15H2,1H3,(H,29,35)(H2,30,31,32,34,36). The predicted molar refractivity (Wildman–Crippen MR) is 136 cm³/mol. The molecule has 0 saturated carbocycles. The molecule has 3 N–H and O–H groups in total. The minimum Gasteiger partial charge on any atom is -0.342 e. The molecule has 0 radical (unpaired) electrons. The van der Waals surface area contributed by atoms with Crippen LogP contribution in [-0.2, 0) is 16.0 Å². The third-order valence-corrected chi connectivity index (χ3v) is 6.92. The van der Waals surface area contributed by atoms with Crippen LogP contribution in [0, 0.1) is 18.7 Å². The predicted octanol–water partition coefficient (Wildman–Crippen LogP) is 3.74. The Balaban J connectivity index is 1.32. The van der Waals surface area contributed by atoms with Crippen molar-refractivity contribution >= 4 is 29.3 Å². The number of aryl methyl sites for hydroxylation is 1. The molecule has 186 valence electrons. The normalized spacial score (nSPS) is 17.9. The SMILES string of the molecule is Cc1ccc(NC(=O)C2CC(=O)Nc3nc(N4CCC(Cc5ccccc5)CC4)[nH]c(=O)c32)c(F)c1. The number of anilines is 3. The van der Waals surface area contributed by atoms with Crippen molar-refractivity contribution in [3.05, 3.63) is 81.4 Å². The number of hydrogen-bond donors (Lipinski definition) is 3. The fraction of sp³-hybridized carbons (Fsp3) is 0.333. The summed E-state index contributed by atoms with van der Waals surface area (Å²) in [7, 11) is 0. The van der Waals surface area contributed by atoms with Gasteiger partial charge < -0.3 is 15.5 Å². The second-order valence-corrected chi connectivity index (χ2v) is 9.55. The zero-order chi connectivity index (χ0) is 25.2. The van der Waals surface area contributed by atoms with E-state index in [9.17, 15) is 18.8 Å². The number of piperidine rings is 1. The maximum absolute atomic E-state index is 14.3. The van der Waals surface area contributed by atoms with Crippen LogP contribution in [0.2, 0.25) is 0 Å². The maximum atomic E-state index is 14.3. The van der Waals surface area contributed by atoms with Gasteiger partial charge in [0.1, 0.15) is 11.6 Å². The van der Waals surface area contributed by atoms with Gasteiger partial charge in [0.05, 0.1) is 17.2 Å². The van der Waals surface area contributed by atoms with Crippen LogP contribution >= 0.6 is 0 Å². The highest BCUT2D eigenvalue weighted by Crippen LogP contribution is 2.31. The number of carbonyl (C=O) groups is 2. The number of benzene rings is 2. The summed E-state index contributed by atoms with van der Waals surface area (Å²) in [5, 5.41) is 5.15. The van der Waals surface area contributed by atoms with Gasteiger partial charge >= 0.3 is 0 Å². The van der Waals surface area contributed by atoms with E-state index in [1.165, 1.54) is 17.7 Å². The molecule has 3 heterocycles. The van der Waals surface area contributed by atoms with Crippen molar-refractivity contribution in [2.75, 3.05) is 28.6 Å². The molecule has 1 unspecified atom stereocenters. The molecule has 2 aliphatic rings. The number of carbonyl (C=O) groups excluding carboxylic acids is 2. The van der Waals surface area contributed by atoms with Gasteiger partial charge in [0, 0.05) is 19.5 Å². The average molecular weight is 490 g/mol. The number of aromatic nitrogens is 2. The summed E-state index contributed by atoms with van der Waals surface area (Å²) in [6, 6.07) is 14.8. The van der Waals surface area contributed by atoms with Crippen LogP contribution in [0.25, 0.3) is 0 Å². The maximum Gasteiger partial charge on any atom is 0.258 e. The van der Waals surface area contributed by atoms with Gasteiger partial charge in [-0.25, -0.2) is 4.39 Å². The topological polar surface area (TPSA) is 107 Å². The van der Waals surface area contributed by atoms with Gasteiger partial charge in [0.2, 0.25) is 17.8 Å². The molecule has 1 atom stereocenters. The van der Waals surface area contributed by atoms with E-state index in [1.54, 1.807) is 13.0 Å². The zero-order valence-electron chi connectivity index (χ0n) is 20.0. The molecular weight excluding hydrogens is 461 g/mol. The average Bonchev–Trinajstić information content (AvgIpc) is 2.86. The molecular formula is C27H28FN5O3. The number of aromatic amines is 1. The smallest absolute Gasteiger partial charge is 0.258 e. The molecule has 2 amide bonds. The second kappa shape index (κ2) is 9.93. The molecule has 2 aliphatic heterocycles. The minimum absolute atomic E-state index is 0.00230. The van der Waals surface area contributed by atoms with Gasteiger partial charge in [-0.1, -0.05) is 36.4 Å². The van der Waals surface area contributed by atoms with Crippen molar-refractivity contribution in [2.24, 2.45) is 5.92 Å². The van der Waals surface area contributed by atoms with E-state index in [1.807, 2.05) is 23.1 Å². The summed E-state index contributed by atoms with van der Waals surface area (Å²) in [4.78, 5) is 47.8. The highest BCUT2D eigenvalue weighted by atomic mass is 19.1. The van der Waals surface area contributed by atoms with Gasteiger partial charge in [-0.3, -0.25) is 19.4 Å². The Morgan fingerprint density at radius 2 is 1.89 bits per heavy atom. The van der Waals surface area contributed by atoms with Crippen molar-refractivity contribution < 1.29 is 14.0 Å². The first kappa shape index (κ1) is 23.7. The minimum atomic E-state index is -1.07. The largest absolute Gasteiger partial charge is 0.342 e.